The molecule has 0 aliphatic rings. The Morgan fingerprint density at radius 1 is 1.60 bits per heavy atom. The highest BCUT2D eigenvalue weighted by Crippen LogP contribution is 2.17. The van der Waals surface area contributed by atoms with Crippen molar-refractivity contribution in [3.05, 3.63) is 40.7 Å². The maximum absolute atomic E-state index is 12.8. The third-order valence-electron chi connectivity index (χ3n) is 1.64. The van der Waals surface area contributed by atoms with Gasteiger partial charge in [-0.05, 0) is 17.7 Å². The molecule has 0 amide bonds. The number of halogens is 2. The van der Waals surface area contributed by atoms with Gasteiger partial charge in [-0.3, -0.25) is 4.79 Å². The summed E-state index contributed by atoms with van der Waals surface area (Å²) < 4.78 is 12.8. The molecule has 0 radical (unpaired) electrons. The van der Waals surface area contributed by atoms with Crippen molar-refractivity contribution >= 4 is 34.6 Å². The van der Waals surface area contributed by atoms with Gasteiger partial charge in [0.05, 0.1) is 5.02 Å². The van der Waals surface area contributed by atoms with Crippen LogP contribution in [0.2, 0.25) is 5.02 Å². The summed E-state index contributed by atoms with van der Waals surface area (Å²) in [6.45, 7) is 1.52. The summed E-state index contributed by atoms with van der Waals surface area (Å²) in [4.78, 5) is 10.6. The van der Waals surface area contributed by atoms with Crippen LogP contribution in [0.25, 0.3) is 6.08 Å². The lowest BCUT2D eigenvalue weighted by atomic mass is 10.2. The van der Waals surface area contributed by atoms with E-state index in [0.29, 0.717) is 5.75 Å². The normalized spacial score (nSPS) is 10.9. The molecule has 0 saturated carbocycles. The molecule has 1 aromatic rings. The minimum Gasteiger partial charge on any atom is -0.288 e. The first-order valence-electron chi connectivity index (χ1n) is 4.34. The van der Waals surface area contributed by atoms with Crippen molar-refractivity contribution in [3.63, 3.8) is 0 Å². The summed E-state index contributed by atoms with van der Waals surface area (Å²) in [5.41, 5.74) is 0.825. The van der Waals surface area contributed by atoms with Crippen molar-refractivity contribution in [1.82, 2.24) is 0 Å². The number of benzene rings is 1. The molecule has 0 spiro atoms. The summed E-state index contributed by atoms with van der Waals surface area (Å²) >= 11 is 6.83. The van der Waals surface area contributed by atoms with Crippen LogP contribution in [-0.4, -0.2) is 10.9 Å². The fourth-order valence-corrected chi connectivity index (χ4v) is 1.58. The second kappa shape index (κ2) is 5.93. The van der Waals surface area contributed by atoms with Gasteiger partial charge in [-0.1, -0.05) is 41.6 Å². The van der Waals surface area contributed by atoms with Gasteiger partial charge in [0.25, 0.3) is 0 Å². The van der Waals surface area contributed by atoms with Gasteiger partial charge in [-0.2, -0.15) is 0 Å². The van der Waals surface area contributed by atoms with E-state index in [-0.39, 0.29) is 10.1 Å². The average Bonchev–Trinajstić information content (AvgIpc) is 2.18. The van der Waals surface area contributed by atoms with Crippen molar-refractivity contribution < 1.29 is 9.18 Å². The molecule has 0 unspecified atom stereocenters. The number of thioether (sulfide) groups is 1. The van der Waals surface area contributed by atoms with E-state index < -0.39 is 5.82 Å². The summed E-state index contributed by atoms with van der Waals surface area (Å²) in [6, 6.07) is 4.50. The van der Waals surface area contributed by atoms with Crippen LogP contribution in [0, 0.1) is 5.82 Å². The highest BCUT2D eigenvalue weighted by molar-refractivity contribution is 8.13. The third-order valence-corrected chi connectivity index (χ3v) is 2.69. The Morgan fingerprint density at radius 2 is 2.33 bits per heavy atom. The van der Waals surface area contributed by atoms with Crippen molar-refractivity contribution in [2.24, 2.45) is 0 Å². The predicted octanol–water partition coefficient (Wildman–Crippen LogP) is 3.77. The molecule has 0 fully saturated rings. The molecule has 0 aliphatic carbocycles. The Morgan fingerprint density at radius 3 is 2.93 bits per heavy atom. The van der Waals surface area contributed by atoms with E-state index in [1.54, 1.807) is 18.2 Å². The molecule has 0 aliphatic heterocycles. The van der Waals surface area contributed by atoms with Gasteiger partial charge in [0.15, 0.2) is 5.12 Å². The van der Waals surface area contributed by atoms with Crippen LogP contribution in [0.15, 0.2) is 24.3 Å². The van der Waals surface area contributed by atoms with E-state index in [1.807, 2.05) is 6.08 Å². The van der Waals surface area contributed by atoms with E-state index >= 15 is 0 Å². The van der Waals surface area contributed by atoms with E-state index in [4.69, 9.17) is 11.6 Å². The Balaban J connectivity index is 2.57. The fourth-order valence-electron chi connectivity index (χ4n) is 0.966. The van der Waals surface area contributed by atoms with Crippen molar-refractivity contribution in [2.75, 3.05) is 5.75 Å². The van der Waals surface area contributed by atoms with Gasteiger partial charge in [-0.15, -0.1) is 0 Å². The summed E-state index contributed by atoms with van der Waals surface area (Å²) in [7, 11) is 0. The minimum atomic E-state index is -0.424. The summed E-state index contributed by atoms with van der Waals surface area (Å²) in [5.74, 6) is 0.191. The molecular formula is C11H10ClFOS. The number of hydrogen-bond acceptors (Lipinski definition) is 2. The van der Waals surface area contributed by atoms with Crippen LogP contribution < -0.4 is 0 Å². The van der Waals surface area contributed by atoms with Crippen LogP contribution in [0.4, 0.5) is 4.39 Å². The molecule has 0 saturated heterocycles. The molecular weight excluding hydrogens is 235 g/mol. The van der Waals surface area contributed by atoms with Crippen LogP contribution >= 0.6 is 23.4 Å². The van der Waals surface area contributed by atoms with Gasteiger partial charge in [0, 0.05) is 12.7 Å². The Bertz CT molecular complexity index is 390. The zero-order valence-electron chi connectivity index (χ0n) is 8.17. The molecule has 4 heteroatoms. The molecule has 15 heavy (non-hydrogen) atoms. The topological polar surface area (TPSA) is 17.1 Å². The lowest BCUT2D eigenvalue weighted by Gasteiger charge is -1.96. The number of rotatable bonds is 3. The predicted molar refractivity (Wildman–Crippen MR) is 63.6 cm³/mol. The maximum Gasteiger partial charge on any atom is 0.186 e. The molecule has 0 heterocycles. The molecule has 1 nitrogen and oxygen atoms in total. The lowest BCUT2D eigenvalue weighted by molar-refractivity contribution is -0.109. The molecule has 0 bridgehead atoms. The number of hydrogen-bond donors (Lipinski definition) is 0. The lowest BCUT2D eigenvalue weighted by Crippen LogP contribution is -1.82. The van der Waals surface area contributed by atoms with Crippen LogP contribution in [0.1, 0.15) is 12.5 Å². The van der Waals surface area contributed by atoms with Gasteiger partial charge in [0.2, 0.25) is 0 Å². The highest BCUT2D eigenvalue weighted by atomic mass is 35.5. The van der Waals surface area contributed by atoms with E-state index in [9.17, 15) is 9.18 Å². The smallest absolute Gasteiger partial charge is 0.186 e. The second-order valence-electron chi connectivity index (χ2n) is 2.88. The first-order valence-corrected chi connectivity index (χ1v) is 5.71. The molecule has 1 rings (SSSR count). The first kappa shape index (κ1) is 12.3. The van der Waals surface area contributed by atoms with Crippen LogP contribution in [-0.2, 0) is 4.79 Å². The van der Waals surface area contributed by atoms with Gasteiger partial charge in [-0.25, -0.2) is 4.39 Å². The van der Waals surface area contributed by atoms with Gasteiger partial charge >= 0.3 is 0 Å². The second-order valence-corrected chi connectivity index (χ2v) is 4.48. The van der Waals surface area contributed by atoms with E-state index in [1.165, 1.54) is 24.8 Å². The molecule has 0 aromatic heterocycles. The van der Waals surface area contributed by atoms with Crippen molar-refractivity contribution in [1.29, 1.82) is 0 Å². The first-order chi connectivity index (χ1) is 7.09. The molecule has 1 aromatic carbocycles. The maximum atomic E-state index is 12.8. The standard InChI is InChI=1S/C11H10ClFOS/c1-8(14)15-6-2-3-9-4-5-11(13)10(12)7-9/h2-5,7H,6H2,1H3. The van der Waals surface area contributed by atoms with E-state index in [0.717, 1.165) is 5.56 Å². The Kier molecular flexibility index (Phi) is 4.85. The van der Waals surface area contributed by atoms with Crippen LogP contribution in [0.3, 0.4) is 0 Å². The quantitative estimate of drug-likeness (QED) is 0.805. The SMILES string of the molecule is CC(=O)SCC=Cc1ccc(F)c(Cl)c1. The number of carbonyl (C=O) groups is 1. The van der Waals surface area contributed by atoms with Gasteiger partial charge < -0.3 is 0 Å². The monoisotopic (exact) mass is 244 g/mol. The number of carbonyl (C=O) groups excluding carboxylic acids is 1. The average molecular weight is 245 g/mol. The Hall–Kier alpha value is -0.800. The zero-order chi connectivity index (χ0) is 11.3. The third kappa shape index (κ3) is 4.49. The van der Waals surface area contributed by atoms with Gasteiger partial charge in [0.1, 0.15) is 5.82 Å². The summed E-state index contributed by atoms with van der Waals surface area (Å²) in [5, 5.41) is 0.188. The highest BCUT2D eigenvalue weighted by Gasteiger charge is 1.97. The molecule has 80 valence electrons. The molecule has 0 N–H and O–H groups in total. The zero-order valence-corrected chi connectivity index (χ0v) is 9.74. The fraction of sp³-hybridized carbons (Fsp3) is 0.182. The van der Waals surface area contributed by atoms with Crippen LogP contribution in [0.5, 0.6) is 0 Å². The Labute approximate surface area is 97.3 Å². The van der Waals surface area contributed by atoms with Crippen molar-refractivity contribution in [2.45, 2.75) is 6.92 Å². The largest absolute Gasteiger partial charge is 0.288 e. The molecule has 0 atom stereocenters. The minimum absolute atomic E-state index is 0.0804. The van der Waals surface area contributed by atoms with Crippen molar-refractivity contribution in [3.8, 4) is 0 Å². The van der Waals surface area contributed by atoms with E-state index in [2.05, 4.69) is 0 Å². The summed E-state index contributed by atoms with van der Waals surface area (Å²) in [6.07, 6.45) is 3.65.